The lowest BCUT2D eigenvalue weighted by Gasteiger charge is -2.24. The molecule has 108 valence electrons. The monoisotopic (exact) mass is 287 g/mol. The van der Waals surface area contributed by atoms with E-state index < -0.39 is 11.6 Å². The normalized spacial score (nSPS) is 14.8. The summed E-state index contributed by atoms with van der Waals surface area (Å²) in [6.45, 7) is 0.909. The van der Waals surface area contributed by atoms with Gasteiger partial charge < -0.3 is 4.90 Å². The Hall–Kier alpha value is -2.23. The number of anilines is 1. The van der Waals surface area contributed by atoms with Crippen molar-refractivity contribution in [2.45, 2.75) is 19.4 Å². The zero-order valence-electron chi connectivity index (χ0n) is 11.5. The van der Waals surface area contributed by atoms with Gasteiger partial charge in [-0.15, -0.1) is 0 Å². The van der Waals surface area contributed by atoms with Gasteiger partial charge in [0.15, 0.2) is 5.78 Å². The highest BCUT2D eigenvalue weighted by Gasteiger charge is 2.21. The molecule has 0 N–H and O–H groups in total. The molecule has 3 rings (SSSR count). The van der Waals surface area contributed by atoms with Gasteiger partial charge in [0, 0.05) is 36.3 Å². The van der Waals surface area contributed by atoms with Crippen molar-refractivity contribution in [2.24, 2.45) is 0 Å². The highest BCUT2D eigenvalue weighted by Crippen LogP contribution is 2.28. The topological polar surface area (TPSA) is 20.3 Å². The fourth-order valence-electron chi connectivity index (χ4n) is 2.71. The number of hydrogen-bond donors (Lipinski definition) is 0. The number of carbonyl (C=O) groups is 1. The third kappa shape index (κ3) is 2.79. The molecule has 0 bridgehead atoms. The molecule has 2 nitrogen and oxygen atoms in total. The highest BCUT2D eigenvalue weighted by molar-refractivity contribution is 6.01. The highest BCUT2D eigenvalue weighted by atomic mass is 19.1. The van der Waals surface area contributed by atoms with Crippen LogP contribution in [0.2, 0.25) is 0 Å². The maximum Gasteiger partial charge on any atom is 0.165 e. The summed E-state index contributed by atoms with van der Waals surface area (Å²) in [4.78, 5) is 14.0. The summed E-state index contributed by atoms with van der Waals surface area (Å²) in [5.74, 6) is -0.775. The number of para-hydroxylation sites is 1. The molecule has 1 aliphatic rings. The van der Waals surface area contributed by atoms with Gasteiger partial charge in [0.1, 0.15) is 11.6 Å². The Morgan fingerprint density at radius 3 is 2.76 bits per heavy atom. The van der Waals surface area contributed by atoms with Crippen LogP contribution in [0.4, 0.5) is 14.5 Å². The van der Waals surface area contributed by atoms with E-state index in [0.29, 0.717) is 30.5 Å². The minimum absolute atomic E-state index is 0.104. The smallest absolute Gasteiger partial charge is 0.165 e. The summed E-state index contributed by atoms with van der Waals surface area (Å²) in [5.41, 5.74) is 1.76. The summed E-state index contributed by atoms with van der Waals surface area (Å²) in [5, 5.41) is 0. The zero-order chi connectivity index (χ0) is 14.8. The predicted octanol–water partition coefficient (Wildman–Crippen LogP) is 3.95. The quantitative estimate of drug-likeness (QED) is 0.833. The maximum atomic E-state index is 13.8. The van der Waals surface area contributed by atoms with Gasteiger partial charge in [-0.2, -0.15) is 0 Å². The van der Waals surface area contributed by atoms with E-state index in [9.17, 15) is 13.6 Å². The van der Waals surface area contributed by atoms with Crippen molar-refractivity contribution >= 4 is 11.5 Å². The number of halogens is 2. The molecule has 1 aliphatic heterocycles. The van der Waals surface area contributed by atoms with Gasteiger partial charge in [-0.25, -0.2) is 8.78 Å². The van der Waals surface area contributed by atoms with Gasteiger partial charge in [0.25, 0.3) is 0 Å². The van der Waals surface area contributed by atoms with Crippen molar-refractivity contribution < 1.29 is 13.6 Å². The number of ketones is 1. The fourth-order valence-corrected chi connectivity index (χ4v) is 2.71. The van der Waals surface area contributed by atoms with Crippen LogP contribution in [0.15, 0.2) is 42.5 Å². The van der Waals surface area contributed by atoms with Crippen LogP contribution in [0.5, 0.6) is 0 Å². The summed E-state index contributed by atoms with van der Waals surface area (Å²) < 4.78 is 27.1. The molecule has 0 aromatic heterocycles. The average molecular weight is 287 g/mol. The number of fused-ring (bicyclic) bond motifs is 1. The molecule has 0 saturated carbocycles. The van der Waals surface area contributed by atoms with E-state index in [2.05, 4.69) is 0 Å². The number of hydrogen-bond acceptors (Lipinski definition) is 2. The zero-order valence-corrected chi connectivity index (χ0v) is 11.5. The summed E-state index contributed by atoms with van der Waals surface area (Å²) >= 11 is 0. The Kier molecular flexibility index (Phi) is 3.69. The van der Waals surface area contributed by atoms with Crippen molar-refractivity contribution in [2.75, 3.05) is 11.4 Å². The Balaban J connectivity index is 1.97. The van der Waals surface area contributed by atoms with Crippen molar-refractivity contribution in [1.29, 1.82) is 0 Å². The molecule has 2 aromatic rings. The van der Waals surface area contributed by atoms with Crippen LogP contribution in [0.3, 0.4) is 0 Å². The number of rotatable bonds is 2. The fraction of sp³-hybridized carbons (Fsp3) is 0.235. The second-order valence-electron chi connectivity index (χ2n) is 5.20. The third-order valence-corrected chi connectivity index (χ3v) is 3.75. The molecule has 0 unspecified atom stereocenters. The van der Waals surface area contributed by atoms with Gasteiger partial charge in [0.2, 0.25) is 0 Å². The van der Waals surface area contributed by atoms with Crippen LogP contribution in [0.1, 0.15) is 28.8 Å². The second-order valence-corrected chi connectivity index (χ2v) is 5.20. The first-order valence-electron chi connectivity index (χ1n) is 6.96. The van der Waals surface area contributed by atoms with Gasteiger partial charge >= 0.3 is 0 Å². The Morgan fingerprint density at radius 1 is 1.10 bits per heavy atom. The lowest BCUT2D eigenvalue weighted by Crippen LogP contribution is -2.24. The molecule has 0 saturated heterocycles. The minimum Gasteiger partial charge on any atom is -0.366 e. The number of benzene rings is 2. The van der Waals surface area contributed by atoms with Crippen molar-refractivity contribution in [3.05, 3.63) is 65.2 Å². The van der Waals surface area contributed by atoms with E-state index in [-0.39, 0.29) is 12.3 Å². The van der Waals surface area contributed by atoms with E-state index in [1.165, 1.54) is 6.07 Å². The van der Waals surface area contributed by atoms with Crippen molar-refractivity contribution in [1.82, 2.24) is 0 Å². The van der Waals surface area contributed by atoms with E-state index in [0.717, 1.165) is 17.8 Å². The first-order chi connectivity index (χ1) is 10.1. The van der Waals surface area contributed by atoms with E-state index >= 15 is 0 Å². The van der Waals surface area contributed by atoms with E-state index in [1.54, 1.807) is 6.07 Å². The molecular weight excluding hydrogens is 272 g/mol. The minimum atomic E-state index is -0.453. The predicted molar refractivity (Wildman–Crippen MR) is 77.4 cm³/mol. The summed E-state index contributed by atoms with van der Waals surface area (Å²) in [6.07, 6.45) is 1.20. The van der Waals surface area contributed by atoms with Crippen LogP contribution in [0, 0.1) is 11.6 Å². The first-order valence-corrected chi connectivity index (χ1v) is 6.96. The number of nitrogens with zero attached hydrogens (tertiary/aromatic N) is 1. The average Bonchev–Trinajstić information content (AvgIpc) is 2.64. The molecule has 0 aliphatic carbocycles. The van der Waals surface area contributed by atoms with Crippen molar-refractivity contribution in [3.8, 4) is 0 Å². The Bertz CT molecular complexity index is 684. The van der Waals surface area contributed by atoms with Crippen molar-refractivity contribution in [3.63, 3.8) is 0 Å². The summed E-state index contributed by atoms with van der Waals surface area (Å²) in [6, 6.07) is 10.8. The van der Waals surface area contributed by atoms with E-state index in [1.807, 2.05) is 23.1 Å². The molecule has 0 spiro atoms. The SMILES string of the molecule is O=C1CCCN(Cc2cc(F)ccc2F)c2ccccc21. The molecule has 0 fully saturated rings. The summed E-state index contributed by atoms with van der Waals surface area (Å²) in [7, 11) is 0. The largest absolute Gasteiger partial charge is 0.366 e. The van der Waals surface area contributed by atoms with Gasteiger partial charge in [-0.3, -0.25) is 4.79 Å². The van der Waals surface area contributed by atoms with Gasteiger partial charge in [0.05, 0.1) is 0 Å². The molecule has 1 heterocycles. The molecule has 0 amide bonds. The van der Waals surface area contributed by atoms with E-state index in [4.69, 9.17) is 0 Å². The lowest BCUT2D eigenvalue weighted by molar-refractivity contribution is 0.0984. The molecule has 21 heavy (non-hydrogen) atoms. The molecule has 0 atom stereocenters. The van der Waals surface area contributed by atoms with Crippen LogP contribution < -0.4 is 4.90 Å². The van der Waals surface area contributed by atoms with Gasteiger partial charge in [-0.1, -0.05) is 12.1 Å². The first kappa shape index (κ1) is 13.7. The maximum absolute atomic E-state index is 13.8. The standard InChI is InChI=1S/C17H15F2NO/c18-13-7-8-15(19)12(10-13)11-20-9-3-6-17(21)14-4-1-2-5-16(14)20/h1-2,4-5,7-8,10H,3,6,9,11H2. The Morgan fingerprint density at radius 2 is 1.90 bits per heavy atom. The Labute approximate surface area is 122 Å². The lowest BCUT2D eigenvalue weighted by atomic mass is 10.1. The second kappa shape index (κ2) is 5.64. The van der Waals surface area contributed by atoms with Crippen LogP contribution in [0.25, 0.3) is 0 Å². The van der Waals surface area contributed by atoms with Crippen LogP contribution in [-0.4, -0.2) is 12.3 Å². The van der Waals surface area contributed by atoms with Gasteiger partial charge in [-0.05, 0) is 36.8 Å². The van der Waals surface area contributed by atoms with Crippen LogP contribution >= 0.6 is 0 Å². The number of Topliss-reactive ketones (excluding diaryl/α,β-unsaturated/α-hetero) is 1. The van der Waals surface area contributed by atoms with Crippen LogP contribution in [-0.2, 0) is 6.54 Å². The molecular formula is C17H15F2NO. The molecule has 4 heteroatoms. The third-order valence-electron chi connectivity index (χ3n) is 3.75. The molecule has 2 aromatic carbocycles. The number of carbonyl (C=O) groups excluding carboxylic acids is 1. The molecule has 0 radical (unpaired) electrons.